The molecule has 105 valence electrons. The van der Waals surface area contributed by atoms with Gasteiger partial charge in [0.05, 0.1) is 0 Å². The first-order chi connectivity index (χ1) is 8.56. The van der Waals surface area contributed by atoms with Crippen molar-refractivity contribution in [2.45, 2.75) is 38.7 Å². The van der Waals surface area contributed by atoms with Crippen molar-refractivity contribution < 1.29 is 17.1 Å². The first kappa shape index (κ1) is 16.8. The van der Waals surface area contributed by atoms with Gasteiger partial charge in [-0.05, 0) is 0 Å². The van der Waals surface area contributed by atoms with Crippen LogP contribution in [0.1, 0.15) is 27.2 Å². The Hall–Kier alpha value is 0.786. The van der Waals surface area contributed by atoms with E-state index in [1.165, 1.54) is 0 Å². The summed E-state index contributed by atoms with van der Waals surface area (Å²) in [6.07, 6.45) is 8.06. The summed E-state index contributed by atoms with van der Waals surface area (Å²) in [6.45, 7) is 9.92. The molecule has 0 aromatic heterocycles. The van der Waals surface area contributed by atoms with E-state index in [4.69, 9.17) is 0 Å². The van der Waals surface area contributed by atoms with E-state index in [2.05, 4.69) is 60.3 Å². The van der Waals surface area contributed by atoms with E-state index < -0.39 is 27.7 Å². The average Bonchev–Trinajstić information content (AvgIpc) is 2.84. The molecule has 1 aliphatic rings. The third kappa shape index (κ3) is 2.78. The van der Waals surface area contributed by atoms with Crippen LogP contribution >= 0.6 is 0 Å². The van der Waals surface area contributed by atoms with Crippen molar-refractivity contribution in [3.8, 4) is 0 Å². The molecular formula is C13H30GeN3Zr. The van der Waals surface area contributed by atoms with Crippen LogP contribution in [0.2, 0.25) is 11.5 Å². The number of hydrogen-bond acceptors (Lipinski definition) is 3. The van der Waals surface area contributed by atoms with Crippen molar-refractivity contribution in [3.63, 3.8) is 0 Å². The van der Waals surface area contributed by atoms with Crippen LogP contribution in [0, 0.1) is 0 Å². The molecule has 0 fully saturated rings. The Morgan fingerprint density at radius 1 is 1.06 bits per heavy atom. The van der Waals surface area contributed by atoms with E-state index in [0.29, 0.717) is 0 Å². The van der Waals surface area contributed by atoms with Crippen molar-refractivity contribution in [3.05, 3.63) is 21.5 Å². The van der Waals surface area contributed by atoms with Crippen LogP contribution in [0.3, 0.4) is 0 Å². The summed E-state index contributed by atoms with van der Waals surface area (Å²) in [5.41, 5.74) is 0. The molecule has 0 saturated carbocycles. The van der Waals surface area contributed by atoms with Crippen LogP contribution in [0.25, 0.3) is 0 Å². The second kappa shape index (κ2) is 6.98. The van der Waals surface area contributed by atoms with Gasteiger partial charge in [0.1, 0.15) is 0 Å². The Kier molecular flexibility index (Phi) is 6.53. The molecular weight excluding hydrogens is 362 g/mol. The molecule has 3 N–H and O–H groups in total. The first-order valence-electron chi connectivity index (χ1n) is 7.34. The molecule has 5 heteroatoms. The van der Waals surface area contributed by atoms with Gasteiger partial charge in [-0.3, -0.25) is 0 Å². The fraction of sp³-hybridized carbons (Fsp3) is 0.692. The van der Waals surface area contributed by atoms with E-state index in [1.807, 2.05) is 0 Å². The number of allylic oxidation sites excluding steroid dienone is 4. The fourth-order valence-electron chi connectivity index (χ4n) is 3.45. The van der Waals surface area contributed by atoms with Crippen LogP contribution in [-0.4, -0.2) is 30.2 Å². The van der Waals surface area contributed by atoms with E-state index in [0.717, 1.165) is 26.1 Å². The standard InChI is InChI=1S/C5H5.C2H7Ge.3C2H6N.Zr/c1-2-4-5-3-1;1-3-2;3*1-2-3;/h1-3H,4H2;3H,1-2H3;3*3H,2H2,1H3;/q;;3*-1;+3. The van der Waals surface area contributed by atoms with Gasteiger partial charge in [-0.25, -0.2) is 0 Å². The van der Waals surface area contributed by atoms with Gasteiger partial charge < -0.3 is 0 Å². The van der Waals surface area contributed by atoms with Gasteiger partial charge in [0.25, 0.3) is 0 Å². The quantitative estimate of drug-likeness (QED) is 0.554. The Balaban J connectivity index is 3.31. The zero-order valence-electron chi connectivity index (χ0n) is 12.6. The second-order valence-electron chi connectivity index (χ2n) is 5.40. The summed E-state index contributed by atoms with van der Waals surface area (Å²) >= 11 is -3.30. The maximum absolute atomic E-state index is 4.02. The Labute approximate surface area is 116 Å². The molecule has 0 bridgehead atoms. The number of hydrogen-bond donors (Lipinski definition) is 3. The van der Waals surface area contributed by atoms with Crippen molar-refractivity contribution in [1.29, 1.82) is 0 Å². The Morgan fingerprint density at radius 3 is 1.83 bits per heavy atom. The van der Waals surface area contributed by atoms with E-state index in [1.54, 1.807) is 3.28 Å². The normalized spacial score (nSPS) is 17.9. The molecule has 0 heterocycles. The van der Waals surface area contributed by atoms with Crippen molar-refractivity contribution in [1.82, 2.24) is 9.78 Å². The fourth-order valence-corrected chi connectivity index (χ4v) is 53.4. The van der Waals surface area contributed by atoms with Gasteiger partial charge in [-0.1, -0.05) is 0 Å². The Morgan fingerprint density at radius 2 is 1.56 bits per heavy atom. The summed E-state index contributed by atoms with van der Waals surface area (Å²) in [6, 6.07) is 0. The molecule has 1 rings (SSSR count). The van der Waals surface area contributed by atoms with Gasteiger partial charge in [0.15, 0.2) is 0 Å². The van der Waals surface area contributed by atoms with Crippen molar-refractivity contribution >= 4 is 10.6 Å². The molecule has 0 aromatic rings. The minimum absolute atomic E-state index is 1.06. The number of nitrogens with one attached hydrogen (secondary N) is 3. The molecule has 0 atom stereocenters. The van der Waals surface area contributed by atoms with E-state index >= 15 is 0 Å². The minimum atomic E-state index is -3.30. The van der Waals surface area contributed by atoms with Crippen LogP contribution in [0.5, 0.6) is 0 Å². The molecule has 0 aromatic carbocycles. The predicted octanol–water partition coefficient (Wildman–Crippen LogP) is 2.08. The van der Waals surface area contributed by atoms with Crippen molar-refractivity contribution in [2.24, 2.45) is 0 Å². The monoisotopic (exact) mass is 392 g/mol. The van der Waals surface area contributed by atoms with Crippen molar-refractivity contribution in [2.75, 3.05) is 19.6 Å². The van der Waals surface area contributed by atoms with E-state index in [9.17, 15) is 0 Å². The van der Waals surface area contributed by atoms with Gasteiger partial charge in [0, 0.05) is 0 Å². The Bertz CT molecular complexity index is 319. The maximum atomic E-state index is 4.02. The molecule has 18 heavy (non-hydrogen) atoms. The molecule has 0 unspecified atom stereocenters. The SMILES string of the molecule is CC[NH][Zr]([NH]CC)([NH]CC)([C]1=CC=CC1)[GeH]([CH3])[CH3]. The zero-order valence-corrected chi connectivity index (χ0v) is 17.5. The van der Waals surface area contributed by atoms with Crippen LogP contribution in [0.15, 0.2) is 21.5 Å². The molecule has 0 amide bonds. The van der Waals surface area contributed by atoms with Gasteiger partial charge >= 0.3 is 117 Å². The number of rotatable bonds is 8. The summed E-state index contributed by atoms with van der Waals surface area (Å²) in [4.78, 5) is 0. The van der Waals surface area contributed by atoms with Crippen LogP contribution < -0.4 is 9.78 Å². The topological polar surface area (TPSA) is 36.1 Å². The molecule has 1 aliphatic carbocycles. The summed E-state index contributed by atoms with van der Waals surface area (Å²) in [7, 11) is -1.42. The molecule has 0 saturated heterocycles. The van der Waals surface area contributed by atoms with Crippen LogP contribution in [-0.2, 0) is 17.1 Å². The van der Waals surface area contributed by atoms with Gasteiger partial charge in [0.2, 0.25) is 0 Å². The van der Waals surface area contributed by atoms with Gasteiger partial charge in [-0.15, -0.1) is 0 Å². The van der Waals surface area contributed by atoms with Gasteiger partial charge in [-0.2, -0.15) is 0 Å². The summed E-state index contributed by atoms with van der Waals surface area (Å²) in [5, 5.41) is 0. The molecule has 0 radical (unpaired) electrons. The summed E-state index contributed by atoms with van der Waals surface area (Å²) in [5.74, 6) is 5.09. The average molecular weight is 392 g/mol. The predicted molar refractivity (Wildman–Crippen MR) is 81.7 cm³/mol. The van der Waals surface area contributed by atoms with Crippen LogP contribution in [0.4, 0.5) is 0 Å². The molecule has 3 nitrogen and oxygen atoms in total. The zero-order chi connectivity index (χ0) is 13.7. The molecule has 0 aliphatic heterocycles. The third-order valence-corrected chi connectivity index (χ3v) is 63.0. The molecule has 0 spiro atoms. The summed E-state index contributed by atoms with van der Waals surface area (Å²) < 4.78 is 13.7. The van der Waals surface area contributed by atoms with E-state index in [-0.39, 0.29) is 0 Å². The second-order valence-corrected chi connectivity index (χ2v) is 50.0. The third-order valence-electron chi connectivity index (χ3n) is 4.23. The first-order valence-corrected chi connectivity index (χ1v) is 25.7.